The van der Waals surface area contributed by atoms with Crippen molar-refractivity contribution in [1.82, 2.24) is 9.78 Å². The molecule has 0 fully saturated rings. The van der Waals surface area contributed by atoms with Crippen LogP contribution in [0.4, 0.5) is 0 Å². The number of aromatic nitrogens is 2. The van der Waals surface area contributed by atoms with Crippen LogP contribution < -0.4 is 5.56 Å². The summed E-state index contributed by atoms with van der Waals surface area (Å²) in [7, 11) is 0. The van der Waals surface area contributed by atoms with Crippen molar-refractivity contribution in [3.05, 3.63) is 87.3 Å². The summed E-state index contributed by atoms with van der Waals surface area (Å²) in [6.45, 7) is 4.46. The lowest BCUT2D eigenvalue weighted by Gasteiger charge is -2.02. The summed E-state index contributed by atoms with van der Waals surface area (Å²) >= 11 is 0. The Bertz CT molecular complexity index is 888. The summed E-state index contributed by atoms with van der Waals surface area (Å²) in [5.74, 6) is 0. The van der Waals surface area contributed by atoms with Gasteiger partial charge in [0.05, 0.1) is 17.8 Å². The van der Waals surface area contributed by atoms with Crippen LogP contribution in [0.1, 0.15) is 22.4 Å². The van der Waals surface area contributed by atoms with Crippen molar-refractivity contribution >= 4 is 6.21 Å². The van der Waals surface area contributed by atoms with Crippen molar-refractivity contribution in [3.8, 4) is 5.69 Å². The van der Waals surface area contributed by atoms with Gasteiger partial charge in [-0.05, 0) is 37.1 Å². The third-order valence-electron chi connectivity index (χ3n) is 3.71. The summed E-state index contributed by atoms with van der Waals surface area (Å²) in [5, 5.41) is 3.12. The largest absolute Gasteiger partial charge is 0.295 e. The maximum absolute atomic E-state index is 12.6. The second-order valence-electron chi connectivity index (χ2n) is 5.59. The number of benzene rings is 2. The summed E-state index contributed by atoms with van der Waals surface area (Å²) in [4.78, 5) is 17.0. The molecule has 0 aliphatic rings. The van der Waals surface area contributed by atoms with E-state index in [2.05, 4.69) is 10.1 Å². The molecular formula is C19H19N3O. The first-order valence-electron chi connectivity index (χ1n) is 7.57. The minimum atomic E-state index is -0.0788. The molecule has 0 amide bonds. The lowest BCUT2D eigenvalue weighted by Crippen LogP contribution is -2.17. The average molecular weight is 305 g/mol. The highest BCUT2D eigenvalue weighted by Crippen LogP contribution is 2.09. The van der Waals surface area contributed by atoms with Crippen LogP contribution in [-0.2, 0) is 6.54 Å². The van der Waals surface area contributed by atoms with Gasteiger partial charge >= 0.3 is 0 Å². The van der Waals surface area contributed by atoms with E-state index in [1.54, 1.807) is 10.9 Å². The number of aliphatic imine (C=N–C) groups is 1. The van der Waals surface area contributed by atoms with Crippen LogP contribution in [0, 0.1) is 13.8 Å². The monoisotopic (exact) mass is 305 g/mol. The maximum Gasteiger partial charge on any atom is 0.280 e. The number of aromatic amines is 1. The molecule has 0 saturated carbocycles. The highest BCUT2D eigenvalue weighted by Gasteiger charge is 2.10. The summed E-state index contributed by atoms with van der Waals surface area (Å²) in [5.41, 5.74) is 4.40. The maximum atomic E-state index is 12.6. The van der Waals surface area contributed by atoms with Gasteiger partial charge in [-0.1, -0.05) is 42.5 Å². The molecule has 0 aliphatic carbocycles. The zero-order valence-corrected chi connectivity index (χ0v) is 13.3. The van der Waals surface area contributed by atoms with Gasteiger partial charge in [0.1, 0.15) is 0 Å². The zero-order valence-electron chi connectivity index (χ0n) is 13.3. The molecule has 0 aliphatic heterocycles. The first-order chi connectivity index (χ1) is 11.1. The van der Waals surface area contributed by atoms with Gasteiger partial charge in [-0.2, -0.15) is 0 Å². The zero-order chi connectivity index (χ0) is 16.2. The molecule has 0 spiro atoms. The number of nitrogens with zero attached hydrogens (tertiary/aromatic N) is 2. The van der Waals surface area contributed by atoms with Gasteiger partial charge in [-0.15, -0.1) is 0 Å². The molecule has 0 radical (unpaired) electrons. The number of aryl methyl sites for hydroxylation is 2. The molecule has 0 unspecified atom stereocenters. The molecule has 3 aromatic rings. The predicted octanol–water partition coefficient (Wildman–Crippen LogP) is 3.40. The predicted molar refractivity (Wildman–Crippen MR) is 93.6 cm³/mol. The molecule has 4 nitrogen and oxygen atoms in total. The molecule has 116 valence electrons. The Morgan fingerprint density at radius 1 is 1.09 bits per heavy atom. The van der Waals surface area contributed by atoms with Gasteiger partial charge in [-0.3, -0.25) is 14.9 Å². The molecule has 4 heteroatoms. The van der Waals surface area contributed by atoms with Gasteiger partial charge in [0.2, 0.25) is 0 Å². The third-order valence-corrected chi connectivity index (χ3v) is 3.71. The van der Waals surface area contributed by atoms with E-state index < -0.39 is 0 Å². The first-order valence-corrected chi connectivity index (χ1v) is 7.57. The van der Waals surface area contributed by atoms with Crippen LogP contribution in [0.25, 0.3) is 5.69 Å². The van der Waals surface area contributed by atoms with E-state index >= 15 is 0 Å². The van der Waals surface area contributed by atoms with Crippen LogP contribution >= 0.6 is 0 Å². The van der Waals surface area contributed by atoms with Gasteiger partial charge in [-0.25, -0.2) is 4.68 Å². The van der Waals surface area contributed by atoms with Crippen molar-refractivity contribution in [3.63, 3.8) is 0 Å². The van der Waals surface area contributed by atoms with E-state index in [1.165, 1.54) is 0 Å². The lowest BCUT2D eigenvalue weighted by molar-refractivity contribution is 0.834. The van der Waals surface area contributed by atoms with Crippen LogP contribution in [-0.4, -0.2) is 16.0 Å². The van der Waals surface area contributed by atoms with E-state index in [1.807, 2.05) is 68.4 Å². The van der Waals surface area contributed by atoms with Crippen LogP contribution in [0.15, 0.2) is 64.4 Å². The fourth-order valence-corrected chi connectivity index (χ4v) is 2.49. The smallest absolute Gasteiger partial charge is 0.280 e. The van der Waals surface area contributed by atoms with Gasteiger partial charge in [0, 0.05) is 11.9 Å². The fraction of sp³-hybridized carbons (Fsp3) is 0.158. The second-order valence-corrected chi connectivity index (χ2v) is 5.59. The average Bonchev–Trinajstić information content (AvgIpc) is 2.84. The quantitative estimate of drug-likeness (QED) is 0.738. The van der Waals surface area contributed by atoms with E-state index in [4.69, 9.17) is 0 Å². The Morgan fingerprint density at radius 3 is 2.61 bits per heavy atom. The van der Waals surface area contributed by atoms with Gasteiger partial charge < -0.3 is 0 Å². The molecule has 0 saturated heterocycles. The summed E-state index contributed by atoms with van der Waals surface area (Å²) < 4.78 is 1.56. The first kappa shape index (κ1) is 15.0. The Hall–Kier alpha value is -2.88. The summed E-state index contributed by atoms with van der Waals surface area (Å²) in [6.07, 6.45) is 1.66. The van der Waals surface area contributed by atoms with Crippen molar-refractivity contribution in [2.24, 2.45) is 4.99 Å². The molecular weight excluding hydrogens is 286 g/mol. The van der Waals surface area contributed by atoms with E-state index in [9.17, 15) is 4.79 Å². The van der Waals surface area contributed by atoms with Crippen molar-refractivity contribution in [2.75, 3.05) is 0 Å². The lowest BCUT2D eigenvalue weighted by atomic mass is 10.2. The van der Waals surface area contributed by atoms with Crippen molar-refractivity contribution in [2.45, 2.75) is 20.4 Å². The highest BCUT2D eigenvalue weighted by molar-refractivity contribution is 5.80. The number of hydrogen-bond donors (Lipinski definition) is 1. The number of nitrogens with one attached hydrogen (secondary N) is 1. The van der Waals surface area contributed by atoms with E-state index in [0.717, 1.165) is 22.5 Å². The Kier molecular flexibility index (Phi) is 4.24. The van der Waals surface area contributed by atoms with Crippen molar-refractivity contribution in [1.29, 1.82) is 0 Å². The number of hydrogen-bond acceptors (Lipinski definition) is 2. The van der Waals surface area contributed by atoms with Gasteiger partial charge in [0.15, 0.2) is 0 Å². The van der Waals surface area contributed by atoms with Crippen LogP contribution in [0.2, 0.25) is 0 Å². The Labute approximate surface area is 135 Å². The minimum absolute atomic E-state index is 0.0788. The number of H-pyrrole nitrogens is 1. The fourth-order valence-electron chi connectivity index (χ4n) is 2.49. The molecule has 1 heterocycles. The Morgan fingerprint density at radius 2 is 1.87 bits per heavy atom. The summed E-state index contributed by atoms with van der Waals surface area (Å²) in [6, 6.07) is 17.8. The third kappa shape index (κ3) is 3.31. The molecule has 2 aromatic carbocycles. The molecule has 0 atom stereocenters. The van der Waals surface area contributed by atoms with E-state index in [-0.39, 0.29) is 5.56 Å². The molecule has 1 N–H and O–H groups in total. The standard InChI is InChI=1S/C19H19N3O/c1-14-7-6-10-17(11-14)22-19(23)18(15(2)21-22)13-20-12-16-8-4-3-5-9-16/h3-11,13,21H,12H2,1-2H3. The van der Waals surface area contributed by atoms with Crippen molar-refractivity contribution < 1.29 is 0 Å². The topological polar surface area (TPSA) is 50.1 Å². The molecule has 23 heavy (non-hydrogen) atoms. The van der Waals surface area contributed by atoms with Gasteiger partial charge in [0.25, 0.3) is 5.56 Å². The second kappa shape index (κ2) is 6.48. The number of rotatable bonds is 4. The van der Waals surface area contributed by atoms with E-state index in [0.29, 0.717) is 12.1 Å². The highest BCUT2D eigenvalue weighted by atomic mass is 16.1. The Balaban J connectivity index is 1.88. The van der Waals surface area contributed by atoms with Crippen LogP contribution in [0.5, 0.6) is 0 Å². The van der Waals surface area contributed by atoms with Crippen LogP contribution in [0.3, 0.4) is 0 Å². The molecule has 0 bridgehead atoms. The normalized spacial score (nSPS) is 11.2. The molecule has 1 aromatic heterocycles. The minimum Gasteiger partial charge on any atom is -0.295 e. The SMILES string of the molecule is Cc1cccc(-n2[nH]c(C)c(C=NCc3ccccc3)c2=O)c1. The molecule has 3 rings (SSSR count).